The van der Waals surface area contributed by atoms with Gasteiger partial charge in [0.1, 0.15) is 24.0 Å². The van der Waals surface area contributed by atoms with Crippen molar-refractivity contribution in [1.29, 1.82) is 0 Å². The molecule has 0 fully saturated rings. The molecule has 0 radical (unpaired) electrons. The number of anilines is 2. The van der Waals surface area contributed by atoms with Crippen LogP contribution in [0.3, 0.4) is 0 Å². The number of aliphatic hydroxyl groups excluding tert-OH is 1. The second-order valence-corrected chi connectivity index (χ2v) is 15.5. The number of carbonyl (C=O) groups is 3. The van der Waals surface area contributed by atoms with Crippen LogP contribution in [0.1, 0.15) is 69.1 Å². The van der Waals surface area contributed by atoms with E-state index in [0.717, 1.165) is 11.8 Å². The van der Waals surface area contributed by atoms with Crippen LogP contribution in [0.5, 0.6) is 11.8 Å². The number of halogens is 3. The fourth-order valence-corrected chi connectivity index (χ4v) is 5.06. The van der Waals surface area contributed by atoms with Crippen molar-refractivity contribution in [3.63, 3.8) is 0 Å². The molecule has 57 heavy (non-hydrogen) atoms. The molecule has 1 unspecified atom stereocenters. The van der Waals surface area contributed by atoms with E-state index in [1.807, 2.05) is 20.8 Å². The molecule has 0 bridgehead atoms. The van der Waals surface area contributed by atoms with Crippen LogP contribution in [-0.2, 0) is 9.59 Å². The number of hydrogen-bond acceptors (Lipinski definition) is 10. The highest BCUT2D eigenvalue weighted by molar-refractivity contribution is 9.10. The van der Waals surface area contributed by atoms with Gasteiger partial charge >= 0.3 is 0 Å². The maximum atomic E-state index is 14.4. The first kappa shape index (κ1) is 43.8. The monoisotopic (exact) mass is 844 g/mol. The zero-order valence-corrected chi connectivity index (χ0v) is 34.2. The van der Waals surface area contributed by atoms with Gasteiger partial charge in [0, 0.05) is 33.3 Å². The smallest absolute Gasteiger partial charge is 0.232 e. The molecule has 2 amide bonds. The number of aromatic nitrogens is 4. The first-order valence-corrected chi connectivity index (χ1v) is 18.2. The van der Waals surface area contributed by atoms with Crippen molar-refractivity contribution in [2.24, 2.45) is 10.8 Å². The van der Waals surface area contributed by atoms with Gasteiger partial charge in [-0.2, -0.15) is 0 Å². The molecule has 4 aromatic carbocycles. The fraction of sp³-hybridized carbons (Fsp3) is 0.262. The number of nitrogens with zero attached hydrogens (tertiary/aromatic N) is 4. The van der Waals surface area contributed by atoms with E-state index in [1.165, 1.54) is 50.7 Å². The first-order chi connectivity index (χ1) is 26.8. The largest absolute Gasteiger partial charge is 0.480 e. The van der Waals surface area contributed by atoms with Crippen molar-refractivity contribution >= 4 is 67.5 Å². The molecular formula is C42H43BrF2N6O6. The van der Waals surface area contributed by atoms with Crippen LogP contribution in [-0.4, -0.2) is 57.4 Å². The third-order valence-electron chi connectivity index (χ3n) is 8.05. The molecule has 0 aliphatic rings. The SMILES string of the molecule is CC(C)(C)C(=O)Nc1ccc(F)c(Br)c1.COc1cnc2ccc(C(O)c3cc(NC(=O)C(C)(C)C)ccc3F)cc2n1.COc1cnc2ccc(C=O)cc2n1. The van der Waals surface area contributed by atoms with Gasteiger partial charge in [-0.25, -0.2) is 28.7 Å². The van der Waals surface area contributed by atoms with E-state index in [4.69, 9.17) is 9.47 Å². The van der Waals surface area contributed by atoms with Gasteiger partial charge in [-0.15, -0.1) is 0 Å². The molecule has 0 saturated carbocycles. The van der Waals surface area contributed by atoms with Gasteiger partial charge in [0.15, 0.2) is 0 Å². The van der Waals surface area contributed by atoms with E-state index in [0.29, 0.717) is 55.3 Å². The van der Waals surface area contributed by atoms with Crippen molar-refractivity contribution in [2.75, 3.05) is 24.9 Å². The van der Waals surface area contributed by atoms with Crippen LogP contribution in [0, 0.1) is 22.5 Å². The predicted molar refractivity (Wildman–Crippen MR) is 218 cm³/mol. The zero-order chi connectivity index (χ0) is 42.1. The Kier molecular flexibility index (Phi) is 14.4. The zero-order valence-electron chi connectivity index (χ0n) is 32.6. The summed E-state index contributed by atoms with van der Waals surface area (Å²) in [6.45, 7) is 10.8. The summed E-state index contributed by atoms with van der Waals surface area (Å²) in [6, 6.07) is 18.6. The summed E-state index contributed by atoms with van der Waals surface area (Å²) in [5.41, 5.74) is 3.60. The molecule has 2 aromatic heterocycles. The lowest BCUT2D eigenvalue weighted by Gasteiger charge is -2.19. The Hall–Kier alpha value is -5.93. The summed E-state index contributed by atoms with van der Waals surface area (Å²) in [5, 5.41) is 16.2. The number of ether oxygens (including phenoxy) is 2. The summed E-state index contributed by atoms with van der Waals surface area (Å²) in [7, 11) is 3.01. The minimum absolute atomic E-state index is 0.0573. The Morgan fingerprint density at radius 2 is 1.19 bits per heavy atom. The molecule has 6 rings (SSSR count). The molecule has 15 heteroatoms. The highest BCUT2D eigenvalue weighted by atomic mass is 79.9. The van der Waals surface area contributed by atoms with Gasteiger partial charge in [-0.1, -0.05) is 47.6 Å². The number of aliphatic hydroxyl groups is 1. The van der Waals surface area contributed by atoms with Gasteiger partial charge < -0.3 is 25.2 Å². The lowest BCUT2D eigenvalue weighted by atomic mass is 9.95. The van der Waals surface area contributed by atoms with Crippen molar-refractivity contribution in [3.05, 3.63) is 118 Å². The van der Waals surface area contributed by atoms with Crippen LogP contribution in [0.15, 0.2) is 89.7 Å². The predicted octanol–water partition coefficient (Wildman–Crippen LogP) is 8.87. The summed E-state index contributed by atoms with van der Waals surface area (Å²) >= 11 is 3.06. The first-order valence-electron chi connectivity index (χ1n) is 17.4. The van der Waals surface area contributed by atoms with Crippen molar-refractivity contribution in [3.8, 4) is 11.8 Å². The Morgan fingerprint density at radius 3 is 1.68 bits per heavy atom. The third-order valence-corrected chi connectivity index (χ3v) is 8.65. The minimum atomic E-state index is -1.23. The van der Waals surface area contributed by atoms with Crippen molar-refractivity contribution in [2.45, 2.75) is 47.6 Å². The standard InChI is InChI=1S/C21H22FN3O3.C11H13BrFNO.C10H8N2O2/c1-21(2,3)20(27)24-13-6-7-15(22)14(10-13)19(26)12-5-8-16-17(9-12)25-18(28-4)11-23-16;1-11(2,3)10(15)14-7-4-5-9(13)8(12)6-7;1-14-10-5-11-8-3-2-7(6-13)4-9(8)12-10/h5-11,19,26H,1-4H3,(H,24,27);4-6H,1-3H3,(H,14,15);2-6H,1H3. The molecule has 6 aromatic rings. The number of fused-ring (bicyclic) bond motifs is 2. The third kappa shape index (κ3) is 12.0. The summed E-state index contributed by atoms with van der Waals surface area (Å²) in [4.78, 5) is 51.1. The van der Waals surface area contributed by atoms with E-state index in [2.05, 4.69) is 46.5 Å². The summed E-state index contributed by atoms with van der Waals surface area (Å²) in [5.74, 6) is -0.423. The Morgan fingerprint density at radius 1 is 0.702 bits per heavy atom. The Labute approximate surface area is 337 Å². The topological polar surface area (TPSA) is 166 Å². The normalized spacial score (nSPS) is 11.6. The molecule has 0 spiro atoms. The number of nitrogens with one attached hydrogen (secondary N) is 2. The number of aldehydes is 1. The molecule has 12 nitrogen and oxygen atoms in total. The second-order valence-electron chi connectivity index (χ2n) is 14.6. The number of hydrogen-bond donors (Lipinski definition) is 3. The molecule has 0 aliphatic carbocycles. The highest BCUT2D eigenvalue weighted by Gasteiger charge is 2.23. The maximum absolute atomic E-state index is 14.4. The quantitative estimate of drug-likeness (QED) is 0.132. The fourth-order valence-electron chi connectivity index (χ4n) is 4.68. The van der Waals surface area contributed by atoms with Crippen molar-refractivity contribution in [1.82, 2.24) is 19.9 Å². The Balaban J connectivity index is 0.000000209. The molecule has 0 aliphatic heterocycles. The molecule has 298 valence electrons. The van der Waals surface area contributed by atoms with Gasteiger partial charge in [0.05, 0.1) is 53.2 Å². The number of amides is 2. The molecule has 3 N–H and O–H groups in total. The lowest BCUT2D eigenvalue weighted by Crippen LogP contribution is -2.27. The minimum Gasteiger partial charge on any atom is -0.480 e. The summed E-state index contributed by atoms with van der Waals surface area (Å²) < 4.78 is 37.6. The van der Waals surface area contributed by atoms with Crippen LogP contribution in [0.4, 0.5) is 20.2 Å². The van der Waals surface area contributed by atoms with Gasteiger partial charge in [-0.05, 0) is 88.2 Å². The van der Waals surface area contributed by atoms with Crippen LogP contribution < -0.4 is 20.1 Å². The number of methoxy groups -OCH3 is 2. The van der Waals surface area contributed by atoms with Crippen LogP contribution >= 0.6 is 15.9 Å². The molecule has 0 saturated heterocycles. The molecule has 1 atom stereocenters. The van der Waals surface area contributed by atoms with Crippen LogP contribution in [0.25, 0.3) is 22.1 Å². The van der Waals surface area contributed by atoms with Crippen molar-refractivity contribution < 1.29 is 37.7 Å². The summed E-state index contributed by atoms with van der Waals surface area (Å²) in [6.07, 6.45) is 2.59. The van der Waals surface area contributed by atoms with E-state index in [-0.39, 0.29) is 23.2 Å². The lowest BCUT2D eigenvalue weighted by molar-refractivity contribution is -0.123. The van der Waals surface area contributed by atoms with E-state index in [1.54, 1.807) is 69.4 Å². The number of rotatable bonds is 7. The molecular weight excluding hydrogens is 802 g/mol. The highest BCUT2D eigenvalue weighted by Crippen LogP contribution is 2.30. The number of benzene rings is 4. The Bertz CT molecular complexity index is 2400. The second kappa shape index (κ2) is 18.8. The van der Waals surface area contributed by atoms with E-state index < -0.39 is 22.8 Å². The maximum Gasteiger partial charge on any atom is 0.232 e. The number of carbonyl (C=O) groups excluding carboxylic acids is 3. The average molecular weight is 846 g/mol. The average Bonchev–Trinajstić information content (AvgIpc) is 3.18. The van der Waals surface area contributed by atoms with E-state index in [9.17, 15) is 28.3 Å². The van der Waals surface area contributed by atoms with Gasteiger partial charge in [-0.3, -0.25) is 14.4 Å². The van der Waals surface area contributed by atoms with Gasteiger partial charge in [0.25, 0.3) is 0 Å². The van der Waals surface area contributed by atoms with Crippen LogP contribution in [0.2, 0.25) is 0 Å². The molecule has 2 heterocycles. The van der Waals surface area contributed by atoms with E-state index >= 15 is 0 Å². The van der Waals surface area contributed by atoms with Gasteiger partial charge in [0.2, 0.25) is 23.6 Å².